The summed E-state index contributed by atoms with van der Waals surface area (Å²) in [5.41, 5.74) is 5.54. The average Bonchev–Trinajstić information content (AvgIpc) is 2.74. The summed E-state index contributed by atoms with van der Waals surface area (Å²) in [6.45, 7) is 6.92. The van der Waals surface area contributed by atoms with Crippen LogP contribution in [0, 0.1) is 11.3 Å². The van der Waals surface area contributed by atoms with Gasteiger partial charge in [0, 0.05) is 12.6 Å². The van der Waals surface area contributed by atoms with E-state index < -0.39 is 0 Å². The lowest BCUT2D eigenvalue weighted by molar-refractivity contribution is -0.131. The second-order valence-electron chi connectivity index (χ2n) is 5.42. The molecule has 0 saturated heterocycles. The van der Waals surface area contributed by atoms with E-state index in [0.29, 0.717) is 12.5 Å². The van der Waals surface area contributed by atoms with Crippen LogP contribution in [0.5, 0.6) is 0 Å². The molecule has 3 N–H and O–H groups in total. The Balaban J connectivity index is 2.62. The summed E-state index contributed by atoms with van der Waals surface area (Å²) < 4.78 is 0. The number of hydrogen-bond acceptors (Lipinski definition) is 2. The average molecular weight is 226 g/mol. The quantitative estimate of drug-likeness (QED) is 0.754. The lowest BCUT2D eigenvalue weighted by Gasteiger charge is -2.30. The molecule has 3 nitrogen and oxygen atoms in total. The third-order valence-corrected chi connectivity index (χ3v) is 3.99. The van der Waals surface area contributed by atoms with E-state index in [4.69, 9.17) is 5.73 Å². The maximum atomic E-state index is 12.3. The largest absolute Gasteiger partial charge is 0.353 e. The zero-order valence-corrected chi connectivity index (χ0v) is 10.9. The van der Waals surface area contributed by atoms with E-state index in [1.165, 1.54) is 0 Å². The van der Waals surface area contributed by atoms with Crippen molar-refractivity contribution in [1.82, 2.24) is 5.32 Å². The van der Waals surface area contributed by atoms with Gasteiger partial charge in [-0.25, -0.2) is 0 Å². The van der Waals surface area contributed by atoms with E-state index in [1.54, 1.807) is 0 Å². The number of nitrogens with two attached hydrogens (primary N) is 1. The first-order valence-electron chi connectivity index (χ1n) is 6.57. The Morgan fingerprint density at radius 3 is 2.31 bits per heavy atom. The fourth-order valence-corrected chi connectivity index (χ4v) is 2.64. The maximum Gasteiger partial charge on any atom is 0.227 e. The summed E-state index contributed by atoms with van der Waals surface area (Å²) in [6.07, 6.45) is 5.20. The Labute approximate surface area is 99.2 Å². The van der Waals surface area contributed by atoms with E-state index in [-0.39, 0.29) is 17.4 Å². The smallest absolute Gasteiger partial charge is 0.227 e. The third-order valence-electron chi connectivity index (χ3n) is 3.99. The van der Waals surface area contributed by atoms with Crippen molar-refractivity contribution in [3.05, 3.63) is 0 Å². The van der Waals surface area contributed by atoms with Gasteiger partial charge in [0.15, 0.2) is 0 Å². The first-order chi connectivity index (χ1) is 7.55. The van der Waals surface area contributed by atoms with Gasteiger partial charge in [-0.15, -0.1) is 0 Å². The molecule has 1 rings (SSSR count). The van der Waals surface area contributed by atoms with Crippen LogP contribution in [0.4, 0.5) is 0 Å². The molecule has 0 aromatic carbocycles. The standard InChI is InChI=1S/C13H26N2O/c1-4-11(10(2)3)15-12(16)13(9-14)7-5-6-8-13/h10-11H,4-9,14H2,1-3H3,(H,15,16). The molecule has 1 atom stereocenters. The highest BCUT2D eigenvalue weighted by atomic mass is 16.2. The van der Waals surface area contributed by atoms with Crippen LogP contribution in [-0.2, 0) is 4.79 Å². The highest BCUT2D eigenvalue weighted by Gasteiger charge is 2.40. The van der Waals surface area contributed by atoms with Gasteiger partial charge in [0.2, 0.25) is 5.91 Å². The van der Waals surface area contributed by atoms with Gasteiger partial charge < -0.3 is 11.1 Å². The van der Waals surface area contributed by atoms with Gasteiger partial charge in [0.25, 0.3) is 0 Å². The molecule has 1 aliphatic rings. The Morgan fingerprint density at radius 1 is 1.38 bits per heavy atom. The number of carbonyl (C=O) groups is 1. The van der Waals surface area contributed by atoms with Gasteiger partial charge in [-0.1, -0.05) is 33.6 Å². The minimum Gasteiger partial charge on any atom is -0.353 e. The molecule has 0 bridgehead atoms. The fourth-order valence-electron chi connectivity index (χ4n) is 2.64. The summed E-state index contributed by atoms with van der Waals surface area (Å²) in [6, 6.07) is 0.288. The van der Waals surface area contributed by atoms with Crippen LogP contribution >= 0.6 is 0 Å². The normalized spacial score (nSPS) is 21.1. The maximum absolute atomic E-state index is 12.3. The fraction of sp³-hybridized carbons (Fsp3) is 0.923. The predicted octanol–water partition coefficient (Wildman–Crippen LogP) is 2.06. The summed E-state index contributed by atoms with van der Waals surface area (Å²) in [7, 11) is 0. The van der Waals surface area contributed by atoms with Crippen molar-refractivity contribution in [2.45, 2.75) is 58.9 Å². The van der Waals surface area contributed by atoms with Crippen molar-refractivity contribution in [3.8, 4) is 0 Å². The van der Waals surface area contributed by atoms with Gasteiger partial charge in [-0.3, -0.25) is 4.79 Å². The van der Waals surface area contributed by atoms with Crippen molar-refractivity contribution < 1.29 is 4.79 Å². The Bertz CT molecular complexity index is 232. The minimum absolute atomic E-state index is 0.188. The molecule has 0 radical (unpaired) electrons. The Kier molecular flexibility index (Phi) is 4.78. The molecule has 1 saturated carbocycles. The van der Waals surface area contributed by atoms with E-state index in [1.807, 2.05) is 0 Å². The van der Waals surface area contributed by atoms with Gasteiger partial charge >= 0.3 is 0 Å². The number of nitrogens with one attached hydrogen (secondary N) is 1. The molecule has 0 aliphatic heterocycles. The van der Waals surface area contributed by atoms with E-state index >= 15 is 0 Å². The lowest BCUT2D eigenvalue weighted by Crippen LogP contribution is -2.49. The van der Waals surface area contributed by atoms with E-state index in [2.05, 4.69) is 26.1 Å². The van der Waals surface area contributed by atoms with Gasteiger partial charge in [0.05, 0.1) is 5.41 Å². The molecule has 1 aliphatic carbocycles. The SMILES string of the molecule is CCC(NC(=O)C1(CN)CCCC1)C(C)C. The molecule has 1 fully saturated rings. The molecule has 0 heterocycles. The van der Waals surface area contributed by atoms with Crippen molar-refractivity contribution in [3.63, 3.8) is 0 Å². The van der Waals surface area contributed by atoms with Gasteiger partial charge in [-0.2, -0.15) is 0 Å². The molecular weight excluding hydrogens is 200 g/mol. The Hall–Kier alpha value is -0.570. The number of rotatable bonds is 5. The summed E-state index contributed by atoms with van der Waals surface area (Å²) in [4.78, 5) is 12.3. The second-order valence-corrected chi connectivity index (χ2v) is 5.42. The summed E-state index contributed by atoms with van der Waals surface area (Å²) >= 11 is 0. The number of amides is 1. The van der Waals surface area contributed by atoms with Crippen molar-refractivity contribution in [1.29, 1.82) is 0 Å². The number of carbonyl (C=O) groups excluding carboxylic acids is 1. The molecular formula is C13H26N2O. The topological polar surface area (TPSA) is 55.1 Å². The monoisotopic (exact) mass is 226 g/mol. The molecule has 0 aromatic rings. The first-order valence-corrected chi connectivity index (χ1v) is 6.57. The summed E-state index contributed by atoms with van der Waals surface area (Å²) in [5, 5.41) is 3.18. The van der Waals surface area contributed by atoms with Crippen LogP contribution in [0.15, 0.2) is 0 Å². The van der Waals surface area contributed by atoms with Crippen LogP contribution in [0.25, 0.3) is 0 Å². The zero-order chi connectivity index (χ0) is 12.2. The highest BCUT2D eigenvalue weighted by molar-refractivity contribution is 5.83. The summed E-state index contributed by atoms with van der Waals surface area (Å²) in [5.74, 6) is 0.679. The Morgan fingerprint density at radius 2 is 1.94 bits per heavy atom. The van der Waals surface area contributed by atoms with Crippen molar-refractivity contribution >= 4 is 5.91 Å². The molecule has 0 spiro atoms. The van der Waals surface area contributed by atoms with E-state index in [9.17, 15) is 4.79 Å². The van der Waals surface area contributed by atoms with Crippen LogP contribution in [0.3, 0.4) is 0 Å². The second kappa shape index (κ2) is 5.67. The van der Waals surface area contributed by atoms with E-state index in [0.717, 1.165) is 32.1 Å². The third kappa shape index (κ3) is 2.76. The molecule has 1 unspecified atom stereocenters. The van der Waals surface area contributed by atoms with Gasteiger partial charge in [0.1, 0.15) is 0 Å². The lowest BCUT2D eigenvalue weighted by atomic mass is 9.84. The predicted molar refractivity (Wildman–Crippen MR) is 67.0 cm³/mol. The molecule has 1 amide bonds. The first kappa shape index (κ1) is 13.5. The highest BCUT2D eigenvalue weighted by Crippen LogP contribution is 2.37. The molecule has 16 heavy (non-hydrogen) atoms. The molecule has 0 aromatic heterocycles. The minimum atomic E-state index is -0.262. The molecule has 3 heteroatoms. The zero-order valence-electron chi connectivity index (χ0n) is 10.9. The van der Waals surface area contributed by atoms with Crippen LogP contribution < -0.4 is 11.1 Å². The van der Waals surface area contributed by atoms with Crippen LogP contribution in [-0.4, -0.2) is 18.5 Å². The molecule has 94 valence electrons. The number of hydrogen-bond donors (Lipinski definition) is 2. The van der Waals surface area contributed by atoms with Crippen LogP contribution in [0.2, 0.25) is 0 Å². The van der Waals surface area contributed by atoms with Crippen molar-refractivity contribution in [2.75, 3.05) is 6.54 Å². The van der Waals surface area contributed by atoms with Crippen molar-refractivity contribution in [2.24, 2.45) is 17.1 Å². The van der Waals surface area contributed by atoms with Gasteiger partial charge in [-0.05, 0) is 25.2 Å². The van der Waals surface area contributed by atoms with Crippen LogP contribution in [0.1, 0.15) is 52.9 Å².